The minimum absolute atomic E-state index is 0.196. The van der Waals surface area contributed by atoms with Crippen molar-refractivity contribution < 1.29 is 4.79 Å². The number of benzene rings is 1. The number of nitrogens with one attached hydrogen (secondary N) is 1. The molecule has 3 aromatic rings. The van der Waals surface area contributed by atoms with Gasteiger partial charge in [-0.25, -0.2) is 19.6 Å². The van der Waals surface area contributed by atoms with E-state index in [1.807, 2.05) is 32.9 Å². The Hall–Kier alpha value is -3.09. The van der Waals surface area contributed by atoms with Gasteiger partial charge >= 0.3 is 0 Å². The van der Waals surface area contributed by atoms with Crippen molar-refractivity contribution in [3.63, 3.8) is 0 Å². The molecule has 2 aromatic heterocycles. The molecule has 0 atom stereocenters. The molecule has 0 aliphatic heterocycles. The van der Waals surface area contributed by atoms with Crippen LogP contribution in [0.4, 0.5) is 5.82 Å². The summed E-state index contributed by atoms with van der Waals surface area (Å²) >= 11 is 0. The van der Waals surface area contributed by atoms with Crippen LogP contribution in [-0.2, 0) is 6.42 Å². The highest BCUT2D eigenvalue weighted by molar-refractivity contribution is 6.04. The van der Waals surface area contributed by atoms with E-state index in [1.54, 1.807) is 23.1 Å². The van der Waals surface area contributed by atoms with Crippen molar-refractivity contribution in [2.45, 2.75) is 27.2 Å². The molecule has 0 unspecified atom stereocenters. The Bertz CT molecular complexity index is 873. The third-order valence-corrected chi connectivity index (χ3v) is 3.63. The van der Waals surface area contributed by atoms with Gasteiger partial charge < -0.3 is 5.32 Å². The first-order valence-corrected chi connectivity index (χ1v) is 7.68. The van der Waals surface area contributed by atoms with Gasteiger partial charge in [0, 0.05) is 17.3 Å². The average Bonchev–Trinajstić information content (AvgIpc) is 3.08. The Morgan fingerprint density at radius 1 is 1.21 bits per heavy atom. The van der Waals surface area contributed by atoms with Gasteiger partial charge in [-0.3, -0.25) is 4.79 Å². The maximum Gasteiger partial charge on any atom is 0.257 e. The Labute approximate surface area is 139 Å². The number of amides is 1. The molecule has 24 heavy (non-hydrogen) atoms. The van der Waals surface area contributed by atoms with E-state index in [9.17, 15) is 4.79 Å². The van der Waals surface area contributed by atoms with E-state index in [-0.39, 0.29) is 5.91 Å². The van der Waals surface area contributed by atoms with Gasteiger partial charge in [0.1, 0.15) is 24.3 Å². The van der Waals surface area contributed by atoms with E-state index in [1.165, 1.54) is 6.33 Å². The molecule has 1 aromatic carbocycles. The summed E-state index contributed by atoms with van der Waals surface area (Å²) in [4.78, 5) is 25.0. The van der Waals surface area contributed by atoms with Crippen molar-refractivity contribution in [3.8, 4) is 5.69 Å². The fraction of sp³-hybridized carbons (Fsp3) is 0.235. The highest BCUT2D eigenvalue weighted by Gasteiger charge is 2.12. The molecule has 0 bridgehead atoms. The van der Waals surface area contributed by atoms with Crippen LogP contribution in [0.5, 0.6) is 0 Å². The molecule has 0 saturated heterocycles. The van der Waals surface area contributed by atoms with Crippen molar-refractivity contribution in [2.24, 2.45) is 0 Å². The van der Waals surface area contributed by atoms with Crippen LogP contribution >= 0.6 is 0 Å². The number of rotatable bonds is 4. The number of anilines is 1. The molecule has 1 amide bonds. The molecule has 3 rings (SSSR count). The second kappa shape index (κ2) is 6.57. The first-order chi connectivity index (χ1) is 11.6. The molecular weight excluding hydrogens is 304 g/mol. The average molecular weight is 322 g/mol. The highest BCUT2D eigenvalue weighted by atomic mass is 16.1. The van der Waals surface area contributed by atoms with Crippen LogP contribution in [0.25, 0.3) is 5.69 Å². The zero-order chi connectivity index (χ0) is 17.1. The summed E-state index contributed by atoms with van der Waals surface area (Å²) in [6, 6.07) is 7.30. The van der Waals surface area contributed by atoms with E-state index in [0.717, 1.165) is 23.4 Å². The highest BCUT2D eigenvalue weighted by Crippen LogP contribution is 2.16. The van der Waals surface area contributed by atoms with E-state index in [4.69, 9.17) is 0 Å². The SMILES string of the molecule is CCc1cc(NC(=O)c2ccc(-n3cncn3)cc2C)nc(C)n1. The summed E-state index contributed by atoms with van der Waals surface area (Å²) in [7, 11) is 0. The van der Waals surface area contributed by atoms with Gasteiger partial charge in [0.05, 0.1) is 5.69 Å². The van der Waals surface area contributed by atoms with Gasteiger partial charge in [-0.15, -0.1) is 0 Å². The van der Waals surface area contributed by atoms with Crippen molar-refractivity contribution in [1.29, 1.82) is 0 Å². The van der Waals surface area contributed by atoms with E-state index >= 15 is 0 Å². The molecule has 0 aliphatic carbocycles. The van der Waals surface area contributed by atoms with Crippen LogP contribution < -0.4 is 5.32 Å². The fourth-order valence-corrected chi connectivity index (χ4v) is 2.44. The van der Waals surface area contributed by atoms with Gasteiger partial charge in [-0.1, -0.05) is 6.92 Å². The first kappa shape index (κ1) is 15.8. The van der Waals surface area contributed by atoms with Gasteiger partial charge in [0.2, 0.25) is 0 Å². The van der Waals surface area contributed by atoms with Crippen molar-refractivity contribution in [2.75, 3.05) is 5.32 Å². The smallest absolute Gasteiger partial charge is 0.257 e. The molecule has 1 N–H and O–H groups in total. The van der Waals surface area contributed by atoms with Crippen molar-refractivity contribution >= 4 is 11.7 Å². The van der Waals surface area contributed by atoms with Gasteiger partial charge in [-0.05, 0) is 44.0 Å². The molecule has 0 fully saturated rings. The monoisotopic (exact) mass is 322 g/mol. The van der Waals surface area contributed by atoms with Crippen LogP contribution in [-0.4, -0.2) is 30.6 Å². The van der Waals surface area contributed by atoms with E-state index in [0.29, 0.717) is 17.2 Å². The van der Waals surface area contributed by atoms with Crippen molar-refractivity contribution in [1.82, 2.24) is 24.7 Å². The predicted octanol–water partition coefficient (Wildman–Crippen LogP) is 2.49. The summed E-state index contributed by atoms with van der Waals surface area (Å²) in [5.74, 6) is 0.963. The zero-order valence-corrected chi connectivity index (χ0v) is 13.8. The van der Waals surface area contributed by atoms with E-state index < -0.39 is 0 Å². The quantitative estimate of drug-likeness (QED) is 0.797. The standard InChI is InChI=1S/C17H18N6O/c1-4-13-8-16(21-12(3)20-13)22-17(24)15-6-5-14(7-11(15)2)23-10-18-9-19-23/h5-10H,4H2,1-3H3,(H,20,21,22,24). The van der Waals surface area contributed by atoms with Crippen LogP contribution in [0.3, 0.4) is 0 Å². The Morgan fingerprint density at radius 2 is 2.04 bits per heavy atom. The minimum atomic E-state index is -0.196. The van der Waals surface area contributed by atoms with Crippen LogP contribution in [0.15, 0.2) is 36.9 Å². The number of hydrogen-bond donors (Lipinski definition) is 1. The van der Waals surface area contributed by atoms with E-state index in [2.05, 4.69) is 25.4 Å². The normalized spacial score (nSPS) is 10.6. The maximum absolute atomic E-state index is 12.5. The molecule has 122 valence electrons. The van der Waals surface area contributed by atoms with Gasteiger partial charge in [0.25, 0.3) is 5.91 Å². The second-order valence-corrected chi connectivity index (χ2v) is 5.44. The maximum atomic E-state index is 12.5. The van der Waals surface area contributed by atoms with Gasteiger partial charge in [0.15, 0.2) is 0 Å². The molecule has 0 aliphatic rings. The third-order valence-electron chi connectivity index (χ3n) is 3.63. The lowest BCUT2D eigenvalue weighted by molar-refractivity contribution is 0.102. The lowest BCUT2D eigenvalue weighted by atomic mass is 10.1. The van der Waals surface area contributed by atoms with Crippen LogP contribution in [0.1, 0.15) is 34.4 Å². The zero-order valence-electron chi connectivity index (χ0n) is 13.8. The summed E-state index contributed by atoms with van der Waals surface area (Å²) in [6.45, 7) is 5.71. The Balaban J connectivity index is 1.84. The Morgan fingerprint density at radius 3 is 2.71 bits per heavy atom. The first-order valence-electron chi connectivity index (χ1n) is 7.68. The molecular formula is C17H18N6O. The molecule has 7 nitrogen and oxygen atoms in total. The van der Waals surface area contributed by atoms with Gasteiger partial charge in [-0.2, -0.15) is 5.10 Å². The molecule has 0 spiro atoms. The topological polar surface area (TPSA) is 85.6 Å². The number of aromatic nitrogens is 5. The largest absolute Gasteiger partial charge is 0.306 e. The van der Waals surface area contributed by atoms with Crippen LogP contribution in [0, 0.1) is 13.8 Å². The minimum Gasteiger partial charge on any atom is -0.306 e. The Kier molecular flexibility index (Phi) is 4.33. The predicted molar refractivity (Wildman–Crippen MR) is 90.2 cm³/mol. The fourth-order valence-electron chi connectivity index (χ4n) is 2.44. The lowest BCUT2D eigenvalue weighted by Gasteiger charge is -2.10. The van der Waals surface area contributed by atoms with Crippen molar-refractivity contribution in [3.05, 3.63) is 59.6 Å². The third kappa shape index (κ3) is 3.29. The second-order valence-electron chi connectivity index (χ2n) is 5.44. The molecule has 0 radical (unpaired) electrons. The number of aryl methyl sites for hydroxylation is 3. The number of carbonyl (C=O) groups excluding carboxylic acids is 1. The summed E-state index contributed by atoms with van der Waals surface area (Å²) in [5, 5.41) is 6.93. The number of hydrogen-bond acceptors (Lipinski definition) is 5. The lowest BCUT2D eigenvalue weighted by Crippen LogP contribution is -2.15. The summed E-state index contributed by atoms with van der Waals surface area (Å²) in [6.07, 6.45) is 3.88. The molecule has 7 heteroatoms. The van der Waals surface area contributed by atoms with Crippen LogP contribution in [0.2, 0.25) is 0 Å². The molecule has 0 saturated carbocycles. The molecule has 2 heterocycles. The number of nitrogens with zero attached hydrogens (tertiary/aromatic N) is 5. The number of carbonyl (C=O) groups is 1. The summed E-state index contributed by atoms with van der Waals surface area (Å²) in [5.41, 5.74) is 3.19. The summed E-state index contributed by atoms with van der Waals surface area (Å²) < 4.78 is 1.65.